The summed E-state index contributed by atoms with van der Waals surface area (Å²) in [6.45, 7) is 3.55. The molecule has 2 aromatic rings. The van der Waals surface area contributed by atoms with Gasteiger partial charge in [-0.2, -0.15) is 0 Å². The molecule has 0 aliphatic carbocycles. The molecule has 1 aromatic carbocycles. The molecule has 0 fully saturated rings. The molecule has 0 radical (unpaired) electrons. The maximum absolute atomic E-state index is 12.9. The number of halogens is 2. The number of carbonyl (C=O) groups is 2. The highest BCUT2D eigenvalue weighted by Gasteiger charge is 2.25. The Morgan fingerprint density at radius 3 is 2.35 bits per heavy atom. The Hall–Kier alpha value is -2.78. The first kappa shape index (κ1) is 24.5. The van der Waals surface area contributed by atoms with Crippen LogP contribution in [0, 0.1) is 0 Å². The van der Waals surface area contributed by atoms with Crippen molar-refractivity contribution >= 4 is 46.6 Å². The molecule has 11 heteroatoms. The van der Waals surface area contributed by atoms with Gasteiger partial charge in [-0.1, -0.05) is 43.5 Å². The summed E-state index contributed by atoms with van der Waals surface area (Å²) in [5, 5.41) is 0.487. The number of esters is 1. The number of amides is 1. The molecule has 0 saturated heterocycles. The number of hydrogen-bond donors (Lipinski definition) is 2. The van der Waals surface area contributed by atoms with Crippen LogP contribution in [-0.2, 0) is 16.1 Å². The zero-order valence-corrected chi connectivity index (χ0v) is 18.8. The third kappa shape index (κ3) is 6.11. The number of nitrogen functional groups attached to an aromatic ring is 1. The Bertz CT molecular complexity index is 1060. The second kappa shape index (κ2) is 11.0. The van der Waals surface area contributed by atoms with E-state index >= 15 is 0 Å². The summed E-state index contributed by atoms with van der Waals surface area (Å²) in [5.41, 5.74) is 4.57. The summed E-state index contributed by atoms with van der Waals surface area (Å²) in [6.07, 6.45) is 1.89. The molecule has 1 heterocycles. The molecule has 0 atom stereocenters. The first-order chi connectivity index (χ1) is 14.7. The summed E-state index contributed by atoms with van der Waals surface area (Å²) in [4.78, 5) is 53.1. The highest BCUT2D eigenvalue weighted by molar-refractivity contribution is 6.35. The van der Waals surface area contributed by atoms with Crippen molar-refractivity contribution < 1.29 is 14.3 Å². The number of aromatic nitrogens is 2. The highest BCUT2D eigenvalue weighted by Crippen LogP contribution is 2.21. The van der Waals surface area contributed by atoms with E-state index in [0.29, 0.717) is 12.8 Å². The van der Waals surface area contributed by atoms with Gasteiger partial charge in [0.05, 0.1) is 5.56 Å². The maximum Gasteiger partial charge on any atom is 0.338 e. The van der Waals surface area contributed by atoms with Gasteiger partial charge in [-0.25, -0.2) is 9.59 Å². The Labute approximate surface area is 188 Å². The average molecular weight is 471 g/mol. The van der Waals surface area contributed by atoms with Gasteiger partial charge in [-0.15, -0.1) is 0 Å². The van der Waals surface area contributed by atoms with Crippen LogP contribution in [0.25, 0.3) is 0 Å². The summed E-state index contributed by atoms with van der Waals surface area (Å²) in [7, 11) is 0. The topological polar surface area (TPSA) is 127 Å². The first-order valence-electron chi connectivity index (χ1n) is 9.75. The number of unbranched alkanes of at least 4 members (excludes halogenated alkanes) is 1. The van der Waals surface area contributed by atoms with E-state index in [-0.39, 0.29) is 40.2 Å². The maximum atomic E-state index is 12.9. The van der Waals surface area contributed by atoms with E-state index in [1.807, 2.05) is 13.8 Å². The molecule has 3 N–H and O–H groups in total. The number of anilines is 2. The quantitative estimate of drug-likeness (QED) is 0.542. The molecule has 9 nitrogen and oxygen atoms in total. The molecule has 2 rings (SSSR count). The van der Waals surface area contributed by atoms with Gasteiger partial charge in [0.25, 0.3) is 11.5 Å². The minimum Gasteiger partial charge on any atom is -0.452 e. The molecule has 1 aromatic heterocycles. The lowest BCUT2D eigenvalue weighted by Gasteiger charge is -2.24. The molecule has 0 unspecified atom stereocenters. The number of nitrogens with zero attached hydrogens (tertiary/aromatic N) is 2. The van der Waals surface area contributed by atoms with E-state index < -0.39 is 29.7 Å². The molecule has 0 aliphatic heterocycles. The number of rotatable bonds is 9. The molecule has 31 heavy (non-hydrogen) atoms. The summed E-state index contributed by atoms with van der Waals surface area (Å²) in [5.74, 6) is -1.58. The van der Waals surface area contributed by atoms with E-state index in [4.69, 9.17) is 33.7 Å². The van der Waals surface area contributed by atoms with Crippen molar-refractivity contribution in [1.82, 2.24) is 9.55 Å². The molecule has 168 valence electrons. The van der Waals surface area contributed by atoms with E-state index in [0.717, 1.165) is 11.3 Å². The Morgan fingerprint density at radius 2 is 1.77 bits per heavy atom. The zero-order chi connectivity index (χ0) is 23.1. The summed E-state index contributed by atoms with van der Waals surface area (Å²) in [6, 6.07) is 4.18. The van der Waals surface area contributed by atoms with Crippen molar-refractivity contribution in [1.29, 1.82) is 0 Å². The van der Waals surface area contributed by atoms with Crippen LogP contribution in [0.15, 0.2) is 27.8 Å². The number of nitrogens with one attached hydrogen (secondary N) is 1. The SMILES string of the molecule is CCCCN(C(=O)COC(=O)c1cc(Cl)cc(Cl)c1)c1c(N)n(CCC)c(=O)[nH]c1=O. The number of aromatic amines is 1. The number of ether oxygens (including phenoxy) is 1. The fourth-order valence-electron chi connectivity index (χ4n) is 2.92. The number of carbonyl (C=O) groups excluding carboxylic acids is 2. The van der Waals surface area contributed by atoms with Gasteiger partial charge < -0.3 is 15.4 Å². The molecular formula is C20H24Cl2N4O5. The largest absolute Gasteiger partial charge is 0.452 e. The van der Waals surface area contributed by atoms with Crippen LogP contribution in [0.5, 0.6) is 0 Å². The van der Waals surface area contributed by atoms with Crippen molar-refractivity contribution in [2.24, 2.45) is 0 Å². The lowest BCUT2D eigenvalue weighted by molar-refractivity contribution is -0.121. The standard InChI is InChI=1S/C20H24Cl2N4O5/c1-3-5-7-25(16-17(23)26(6-4-2)20(30)24-18(16)28)15(27)11-31-19(29)12-8-13(21)10-14(22)9-12/h8-10H,3-7,11,23H2,1-2H3,(H,24,28,30). The predicted molar refractivity (Wildman–Crippen MR) is 120 cm³/mol. The fourth-order valence-corrected chi connectivity index (χ4v) is 3.45. The van der Waals surface area contributed by atoms with Gasteiger partial charge in [-0.3, -0.25) is 19.1 Å². The van der Waals surface area contributed by atoms with Crippen LogP contribution in [0.1, 0.15) is 43.5 Å². The molecule has 1 amide bonds. The van der Waals surface area contributed by atoms with Crippen LogP contribution in [0.4, 0.5) is 11.5 Å². The highest BCUT2D eigenvalue weighted by atomic mass is 35.5. The Balaban J connectivity index is 2.31. The van der Waals surface area contributed by atoms with Gasteiger partial charge in [0, 0.05) is 23.1 Å². The lowest BCUT2D eigenvalue weighted by atomic mass is 10.2. The van der Waals surface area contributed by atoms with E-state index in [2.05, 4.69) is 4.98 Å². The molecule has 0 bridgehead atoms. The number of hydrogen-bond acceptors (Lipinski definition) is 6. The van der Waals surface area contributed by atoms with E-state index in [9.17, 15) is 19.2 Å². The van der Waals surface area contributed by atoms with Gasteiger partial charge in [0.1, 0.15) is 5.82 Å². The van der Waals surface area contributed by atoms with Crippen molar-refractivity contribution in [3.05, 3.63) is 54.6 Å². The third-order valence-electron chi connectivity index (χ3n) is 4.39. The summed E-state index contributed by atoms with van der Waals surface area (Å²) < 4.78 is 6.29. The smallest absolute Gasteiger partial charge is 0.338 e. The average Bonchev–Trinajstić information content (AvgIpc) is 2.70. The second-order valence-corrected chi connectivity index (χ2v) is 7.65. The zero-order valence-electron chi connectivity index (χ0n) is 17.2. The third-order valence-corrected chi connectivity index (χ3v) is 4.83. The van der Waals surface area contributed by atoms with Crippen LogP contribution in [0.3, 0.4) is 0 Å². The molecule has 0 aliphatic rings. The van der Waals surface area contributed by atoms with E-state index in [1.54, 1.807) is 0 Å². The monoisotopic (exact) mass is 470 g/mol. The molecule has 0 spiro atoms. The van der Waals surface area contributed by atoms with Crippen LogP contribution in [-0.4, -0.2) is 34.6 Å². The van der Waals surface area contributed by atoms with Crippen LogP contribution < -0.4 is 21.9 Å². The predicted octanol–water partition coefficient (Wildman–Crippen LogP) is 2.83. The van der Waals surface area contributed by atoms with Gasteiger partial charge in [0.15, 0.2) is 12.3 Å². The minimum absolute atomic E-state index is 0.0827. The molecule has 0 saturated carbocycles. The Kier molecular flexibility index (Phi) is 8.70. The minimum atomic E-state index is -0.800. The fraction of sp³-hybridized carbons (Fsp3) is 0.400. The lowest BCUT2D eigenvalue weighted by Crippen LogP contribution is -2.43. The number of H-pyrrole nitrogens is 1. The van der Waals surface area contributed by atoms with Crippen LogP contribution >= 0.6 is 23.2 Å². The number of benzene rings is 1. The normalized spacial score (nSPS) is 10.7. The van der Waals surface area contributed by atoms with Crippen LogP contribution in [0.2, 0.25) is 10.0 Å². The summed E-state index contributed by atoms with van der Waals surface area (Å²) >= 11 is 11.8. The van der Waals surface area contributed by atoms with E-state index in [1.165, 1.54) is 22.8 Å². The number of nitrogens with two attached hydrogens (primary N) is 1. The van der Waals surface area contributed by atoms with Crippen molar-refractivity contribution in [2.75, 3.05) is 23.8 Å². The first-order valence-corrected chi connectivity index (χ1v) is 10.5. The Morgan fingerprint density at radius 1 is 1.13 bits per heavy atom. The van der Waals surface area contributed by atoms with Gasteiger partial charge in [0.2, 0.25) is 0 Å². The van der Waals surface area contributed by atoms with Gasteiger partial charge in [-0.05, 0) is 31.0 Å². The van der Waals surface area contributed by atoms with Crippen molar-refractivity contribution in [3.8, 4) is 0 Å². The van der Waals surface area contributed by atoms with Crippen molar-refractivity contribution in [3.63, 3.8) is 0 Å². The van der Waals surface area contributed by atoms with Gasteiger partial charge >= 0.3 is 11.7 Å². The molecular weight excluding hydrogens is 447 g/mol. The van der Waals surface area contributed by atoms with Crippen molar-refractivity contribution in [2.45, 2.75) is 39.7 Å². The second-order valence-electron chi connectivity index (χ2n) is 6.78.